The van der Waals surface area contributed by atoms with Crippen molar-refractivity contribution in [1.29, 1.82) is 0 Å². The van der Waals surface area contributed by atoms with E-state index in [1.807, 2.05) is 0 Å². The monoisotopic (exact) mass is 216 g/mol. The molecule has 0 aliphatic carbocycles. The zero-order chi connectivity index (χ0) is 5.28. The first-order valence-corrected chi connectivity index (χ1v) is 3.27. The standard InChI is InChI=1S/C4H2Cl2S.Zn/c5-3-1-2-4(6)7-3;/h1-2H;. The molecule has 0 spiro atoms. The first-order valence-electron chi connectivity index (χ1n) is 1.70. The maximum atomic E-state index is 5.49. The fourth-order valence-electron chi connectivity index (χ4n) is 0.292. The van der Waals surface area contributed by atoms with Crippen molar-refractivity contribution in [2.75, 3.05) is 0 Å². The van der Waals surface area contributed by atoms with Gasteiger partial charge in [0.1, 0.15) is 0 Å². The second-order valence-corrected chi connectivity index (χ2v) is 3.39. The predicted molar refractivity (Wildman–Crippen MR) is 34.3 cm³/mol. The van der Waals surface area contributed by atoms with Crippen molar-refractivity contribution in [3.8, 4) is 0 Å². The third kappa shape index (κ3) is 2.45. The maximum Gasteiger partial charge on any atom is 0.0944 e. The molecule has 0 saturated heterocycles. The normalized spacial score (nSPS) is 8.25. The summed E-state index contributed by atoms with van der Waals surface area (Å²) >= 11 is 12.4. The molecule has 40 valence electrons. The Bertz CT molecular complexity index is 146. The Balaban J connectivity index is 0.000000490. The second-order valence-electron chi connectivity index (χ2n) is 1.04. The van der Waals surface area contributed by atoms with Crippen molar-refractivity contribution in [3.63, 3.8) is 0 Å². The van der Waals surface area contributed by atoms with E-state index in [1.165, 1.54) is 11.3 Å². The van der Waals surface area contributed by atoms with Crippen LogP contribution < -0.4 is 0 Å². The zero-order valence-corrected chi connectivity index (χ0v) is 9.32. The summed E-state index contributed by atoms with van der Waals surface area (Å²) in [5, 5.41) is 0. The first kappa shape index (κ1) is 8.90. The van der Waals surface area contributed by atoms with Crippen molar-refractivity contribution >= 4 is 34.5 Å². The minimum absolute atomic E-state index is 0. The van der Waals surface area contributed by atoms with Crippen molar-refractivity contribution in [2.24, 2.45) is 0 Å². The third-order valence-electron chi connectivity index (χ3n) is 0.540. The van der Waals surface area contributed by atoms with Gasteiger partial charge in [-0.3, -0.25) is 0 Å². The Morgan fingerprint density at radius 1 is 1.12 bits per heavy atom. The Kier molecular flexibility index (Phi) is 4.27. The van der Waals surface area contributed by atoms with Crippen LogP contribution in [0.1, 0.15) is 0 Å². The topological polar surface area (TPSA) is 0 Å². The van der Waals surface area contributed by atoms with Crippen LogP contribution in [0.25, 0.3) is 0 Å². The maximum absolute atomic E-state index is 5.49. The zero-order valence-electron chi connectivity index (χ0n) is 4.03. The molecule has 0 unspecified atom stereocenters. The van der Waals surface area contributed by atoms with E-state index in [0.29, 0.717) is 0 Å². The second kappa shape index (κ2) is 3.84. The van der Waals surface area contributed by atoms with Gasteiger partial charge in [0.2, 0.25) is 0 Å². The molecule has 4 heteroatoms. The van der Waals surface area contributed by atoms with Crippen LogP contribution in [0.15, 0.2) is 12.1 Å². The molecule has 1 aromatic heterocycles. The van der Waals surface area contributed by atoms with Crippen molar-refractivity contribution < 1.29 is 19.5 Å². The van der Waals surface area contributed by atoms with Gasteiger partial charge in [0.15, 0.2) is 0 Å². The number of hydrogen-bond acceptors (Lipinski definition) is 1. The van der Waals surface area contributed by atoms with E-state index < -0.39 is 0 Å². The van der Waals surface area contributed by atoms with Gasteiger partial charge in [0, 0.05) is 19.5 Å². The van der Waals surface area contributed by atoms with Gasteiger partial charge >= 0.3 is 0 Å². The number of thiophene rings is 1. The van der Waals surface area contributed by atoms with Crippen LogP contribution >= 0.6 is 34.5 Å². The van der Waals surface area contributed by atoms with Gasteiger partial charge < -0.3 is 0 Å². The molecule has 0 saturated carbocycles. The summed E-state index contributed by atoms with van der Waals surface area (Å²) < 4.78 is 1.48. The van der Waals surface area contributed by atoms with E-state index in [-0.39, 0.29) is 19.5 Å². The van der Waals surface area contributed by atoms with Gasteiger partial charge in [0.05, 0.1) is 8.67 Å². The molecule has 0 N–H and O–H groups in total. The minimum Gasteiger partial charge on any atom is -0.112 e. The molecule has 0 amide bonds. The quantitative estimate of drug-likeness (QED) is 0.587. The molecule has 0 atom stereocenters. The number of rotatable bonds is 0. The van der Waals surface area contributed by atoms with Gasteiger partial charge in [-0.2, -0.15) is 0 Å². The smallest absolute Gasteiger partial charge is 0.0944 e. The van der Waals surface area contributed by atoms with Crippen LogP contribution in [0, 0.1) is 0 Å². The molecule has 1 rings (SSSR count). The third-order valence-corrected chi connectivity index (χ3v) is 1.92. The average molecular weight is 218 g/mol. The van der Waals surface area contributed by atoms with Crippen LogP contribution in [-0.2, 0) is 19.5 Å². The number of hydrogen-bond donors (Lipinski definition) is 0. The van der Waals surface area contributed by atoms with Crippen molar-refractivity contribution in [2.45, 2.75) is 0 Å². The molecule has 1 aromatic rings. The van der Waals surface area contributed by atoms with Crippen LogP contribution in [0.4, 0.5) is 0 Å². The molecule has 8 heavy (non-hydrogen) atoms. The van der Waals surface area contributed by atoms with Gasteiger partial charge in [-0.1, -0.05) is 23.2 Å². The minimum atomic E-state index is 0. The molecule has 1 heterocycles. The summed E-state index contributed by atoms with van der Waals surface area (Å²) in [6, 6.07) is 3.54. The molecule has 0 radical (unpaired) electrons. The Labute approximate surface area is 74.6 Å². The van der Waals surface area contributed by atoms with Crippen molar-refractivity contribution in [1.82, 2.24) is 0 Å². The molecule has 0 fully saturated rings. The summed E-state index contributed by atoms with van der Waals surface area (Å²) in [6.45, 7) is 0. The van der Waals surface area contributed by atoms with Crippen LogP contribution in [-0.4, -0.2) is 0 Å². The largest absolute Gasteiger partial charge is 0.112 e. The molecular weight excluding hydrogens is 216 g/mol. The molecule has 0 bridgehead atoms. The Morgan fingerprint density at radius 2 is 1.50 bits per heavy atom. The Morgan fingerprint density at radius 3 is 1.62 bits per heavy atom. The van der Waals surface area contributed by atoms with E-state index in [1.54, 1.807) is 12.1 Å². The van der Waals surface area contributed by atoms with E-state index in [2.05, 4.69) is 0 Å². The Hall–Kier alpha value is 0.903. The van der Waals surface area contributed by atoms with E-state index in [0.717, 1.165) is 8.67 Å². The van der Waals surface area contributed by atoms with Gasteiger partial charge in [-0.25, -0.2) is 0 Å². The van der Waals surface area contributed by atoms with E-state index in [9.17, 15) is 0 Å². The summed E-state index contributed by atoms with van der Waals surface area (Å²) in [5.74, 6) is 0. The average Bonchev–Trinajstić information content (AvgIpc) is 1.87. The molecule has 0 aliphatic rings. The van der Waals surface area contributed by atoms with Gasteiger partial charge in [-0.15, -0.1) is 11.3 Å². The van der Waals surface area contributed by atoms with Gasteiger partial charge in [0.25, 0.3) is 0 Å². The molecule has 0 nitrogen and oxygen atoms in total. The summed E-state index contributed by atoms with van der Waals surface area (Å²) in [7, 11) is 0. The fourth-order valence-corrected chi connectivity index (χ4v) is 1.49. The van der Waals surface area contributed by atoms with Crippen LogP contribution in [0.2, 0.25) is 8.67 Å². The first-order chi connectivity index (χ1) is 3.29. The predicted octanol–water partition coefficient (Wildman–Crippen LogP) is 3.05. The van der Waals surface area contributed by atoms with Crippen LogP contribution in [0.3, 0.4) is 0 Å². The summed E-state index contributed by atoms with van der Waals surface area (Å²) in [4.78, 5) is 0. The van der Waals surface area contributed by atoms with Gasteiger partial charge in [-0.05, 0) is 12.1 Å². The van der Waals surface area contributed by atoms with Crippen LogP contribution in [0.5, 0.6) is 0 Å². The SMILES string of the molecule is Clc1ccc(Cl)s1.[Zn]. The molecule has 0 aliphatic heterocycles. The summed E-state index contributed by atoms with van der Waals surface area (Å²) in [6.07, 6.45) is 0. The van der Waals surface area contributed by atoms with E-state index >= 15 is 0 Å². The fraction of sp³-hybridized carbons (Fsp3) is 0. The van der Waals surface area contributed by atoms with Crippen molar-refractivity contribution in [3.05, 3.63) is 20.8 Å². The molecular formula is C4H2Cl2SZn. The van der Waals surface area contributed by atoms with E-state index in [4.69, 9.17) is 23.2 Å². The number of halogens is 2. The molecule has 0 aromatic carbocycles. The summed E-state index contributed by atoms with van der Waals surface area (Å²) in [5.41, 5.74) is 0.